The molecule has 0 amide bonds. The zero-order valence-electron chi connectivity index (χ0n) is 9.97. The number of aromatic carboxylic acids is 1. The lowest BCUT2D eigenvalue weighted by molar-refractivity contribution is 0.0685. The molecule has 2 rings (SSSR count). The Morgan fingerprint density at radius 2 is 2.00 bits per heavy atom. The summed E-state index contributed by atoms with van der Waals surface area (Å²) >= 11 is 0. The second-order valence-electron chi connectivity index (χ2n) is 4.42. The highest BCUT2D eigenvalue weighted by Crippen LogP contribution is 2.34. The van der Waals surface area contributed by atoms with Crippen LogP contribution in [-0.2, 0) is 0 Å². The summed E-state index contributed by atoms with van der Waals surface area (Å²) in [5, 5.41) is 9.23. The van der Waals surface area contributed by atoms with E-state index < -0.39 is 5.97 Å². The summed E-state index contributed by atoms with van der Waals surface area (Å²) in [5.41, 5.74) is 0.119. The number of hydrogen-bond acceptors (Lipinski definition) is 3. The lowest BCUT2D eigenvalue weighted by atomic mass is 10.1. The van der Waals surface area contributed by atoms with E-state index in [-0.39, 0.29) is 17.8 Å². The van der Waals surface area contributed by atoms with Crippen LogP contribution in [-0.4, -0.2) is 23.3 Å². The van der Waals surface area contributed by atoms with Crippen LogP contribution in [0.2, 0.25) is 0 Å². The number of carboxylic acids is 1. The average molecular weight is 236 g/mol. The number of hydrogen-bond donors (Lipinski definition) is 1. The van der Waals surface area contributed by atoms with Crippen molar-refractivity contribution >= 4 is 5.97 Å². The molecule has 1 fully saturated rings. The minimum absolute atomic E-state index is 0.0655. The molecule has 1 aliphatic rings. The van der Waals surface area contributed by atoms with Gasteiger partial charge in [0.1, 0.15) is 17.1 Å². The highest BCUT2D eigenvalue weighted by molar-refractivity contribution is 5.94. The maximum absolute atomic E-state index is 11.3. The molecule has 1 aliphatic carbocycles. The molecule has 17 heavy (non-hydrogen) atoms. The van der Waals surface area contributed by atoms with Crippen LogP contribution in [0.1, 0.15) is 37.0 Å². The molecular formula is C13H16O4. The first-order valence-corrected chi connectivity index (χ1v) is 5.77. The van der Waals surface area contributed by atoms with Crippen LogP contribution in [0, 0.1) is 0 Å². The van der Waals surface area contributed by atoms with Crippen molar-refractivity contribution in [2.24, 2.45) is 0 Å². The lowest BCUT2D eigenvalue weighted by Crippen LogP contribution is -2.12. The van der Waals surface area contributed by atoms with Crippen molar-refractivity contribution in [1.82, 2.24) is 0 Å². The predicted molar refractivity (Wildman–Crippen MR) is 62.8 cm³/mol. The molecule has 4 heteroatoms. The Labute approximate surface area is 100 Å². The number of rotatable bonds is 5. The molecule has 0 spiro atoms. The third-order valence-electron chi connectivity index (χ3n) is 2.38. The van der Waals surface area contributed by atoms with Gasteiger partial charge in [0, 0.05) is 0 Å². The fourth-order valence-electron chi connectivity index (χ4n) is 1.54. The molecule has 0 radical (unpaired) electrons. The van der Waals surface area contributed by atoms with Crippen molar-refractivity contribution in [3.63, 3.8) is 0 Å². The smallest absolute Gasteiger partial charge is 0.343 e. The maximum Gasteiger partial charge on any atom is 0.343 e. The standard InChI is InChI=1S/C13H16O4/c1-8(2)16-10-4-3-5-11(12(10)13(14)15)17-9-6-7-9/h3-5,8-9H,6-7H2,1-2H3,(H,14,15). The summed E-state index contributed by atoms with van der Waals surface area (Å²) in [4.78, 5) is 11.3. The molecule has 92 valence electrons. The van der Waals surface area contributed by atoms with Gasteiger partial charge in [0.2, 0.25) is 0 Å². The maximum atomic E-state index is 11.3. The minimum Gasteiger partial charge on any atom is -0.490 e. The molecule has 1 aromatic carbocycles. The van der Waals surface area contributed by atoms with Crippen molar-refractivity contribution in [2.75, 3.05) is 0 Å². The monoisotopic (exact) mass is 236 g/mol. The fourth-order valence-corrected chi connectivity index (χ4v) is 1.54. The van der Waals surface area contributed by atoms with Gasteiger partial charge in [0.15, 0.2) is 0 Å². The third-order valence-corrected chi connectivity index (χ3v) is 2.38. The van der Waals surface area contributed by atoms with Crippen molar-refractivity contribution < 1.29 is 19.4 Å². The lowest BCUT2D eigenvalue weighted by Gasteiger charge is -2.15. The Balaban J connectivity index is 2.32. The third kappa shape index (κ3) is 2.90. The Morgan fingerprint density at radius 1 is 1.35 bits per heavy atom. The summed E-state index contributed by atoms with van der Waals surface area (Å²) in [7, 11) is 0. The number of carbonyl (C=O) groups is 1. The molecule has 0 unspecified atom stereocenters. The summed E-state index contributed by atoms with van der Waals surface area (Å²) in [6, 6.07) is 5.08. The van der Waals surface area contributed by atoms with Crippen LogP contribution in [0.3, 0.4) is 0 Å². The molecule has 1 aromatic rings. The largest absolute Gasteiger partial charge is 0.490 e. The Kier molecular flexibility index (Phi) is 3.22. The first kappa shape index (κ1) is 11.8. The van der Waals surface area contributed by atoms with Gasteiger partial charge in [0.25, 0.3) is 0 Å². The van der Waals surface area contributed by atoms with Crippen LogP contribution in [0.15, 0.2) is 18.2 Å². The molecule has 0 heterocycles. The predicted octanol–water partition coefficient (Wildman–Crippen LogP) is 2.71. The highest BCUT2D eigenvalue weighted by atomic mass is 16.5. The van der Waals surface area contributed by atoms with Gasteiger partial charge in [-0.1, -0.05) is 6.07 Å². The van der Waals surface area contributed by atoms with Gasteiger partial charge in [-0.2, -0.15) is 0 Å². The Bertz CT molecular complexity index is 399. The summed E-state index contributed by atoms with van der Waals surface area (Å²) in [6.07, 6.45) is 2.09. The second kappa shape index (κ2) is 4.65. The van der Waals surface area contributed by atoms with Crippen LogP contribution in [0.5, 0.6) is 11.5 Å². The first-order chi connectivity index (χ1) is 8.08. The fraction of sp³-hybridized carbons (Fsp3) is 0.462. The van der Waals surface area contributed by atoms with Gasteiger partial charge in [0.05, 0.1) is 12.2 Å². The minimum atomic E-state index is -1.02. The quantitative estimate of drug-likeness (QED) is 0.854. The molecule has 1 saturated carbocycles. The van der Waals surface area contributed by atoms with E-state index in [9.17, 15) is 9.90 Å². The normalized spacial score (nSPS) is 14.8. The van der Waals surface area contributed by atoms with Crippen LogP contribution in [0.4, 0.5) is 0 Å². The van der Waals surface area contributed by atoms with E-state index in [1.165, 1.54) is 0 Å². The summed E-state index contributed by atoms with van der Waals surface area (Å²) < 4.78 is 11.1. The SMILES string of the molecule is CC(C)Oc1cccc(OC2CC2)c1C(=O)O. The van der Waals surface area contributed by atoms with Gasteiger partial charge in [-0.05, 0) is 38.8 Å². The summed E-state index contributed by atoms with van der Waals surface area (Å²) in [6.45, 7) is 3.72. The highest BCUT2D eigenvalue weighted by Gasteiger charge is 2.27. The molecular weight excluding hydrogens is 220 g/mol. The van der Waals surface area contributed by atoms with Crippen LogP contribution >= 0.6 is 0 Å². The van der Waals surface area contributed by atoms with E-state index in [1.807, 2.05) is 13.8 Å². The van der Waals surface area contributed by atoms with E-state index >= 15 is 0 Å². The van der Waals surface area contributed by atoms with E-state index in [0.29, 0.717) is 11.5 Å². The summed E-state index contributed by atoms with van der Waals surface area (Å²) in [5.74, 6) is -0.249. The van der Waals surface area contributed by atoms with Crippen molar-refractivity contribution in [1.29, 1.82) is 0 Å². The van der Waals surface area contributed by atoms with Crippen molar-refractivity contribution in [2.45, 2.75) is 38.9 Å². The Hall–Kier alpha value is -1.71. The molecule has 4 nitrogen and oxygen atoms in total. The van der Waals surface area contributed by atoms with E-state index in [1.54, 1.807) is 18.2 Å². The van der Waals surface area contributed by atoms with Gasteiger partial charge in [-0.15, -0.1) is 0 Å². The molecule has 0 atom stereocenters. The number of ether oxygens (including phenoxy) is 2. The number of carboxylic acid groups (broad SMARTS) is 1. The Morgan fingerprint density at radius 3 is 2.53 bits per heavy atom. The van der Waals surface area contributed by atoms with E-state index in [4.69, 9.17) is 9.47 Å². The van der Waals surface area contributed by atoms with Gasteiger partial charge in [-0.25, -0.2) is 4.79 Å². The molecule has 0 bridgehead atoms. The van der Waals surface area contributed by atoms with Gasteiger partial charge in [-0.3, -0.25) is 0 Å². The van der Waals surface area contributed by atoms with Gasteiger partial charge < -0.3 is 14.6 Å². The van der Waals surface area contributed by atoms with Crippen molar-refractivity contribution in [3.8, 4) is 11.5 Å². The first-order valence-electron chi connectivity index (χ1n) is 5.77. The topological polar surface area (TPSA) is 55.8 Å². The van der Waals surface area contributed by atoms with E-state index in [0.717, 1.165) is 12.8 Å². The van der Waals surface area contributed by atoms with Gasteiger partial charge >= 0.3 is 5.97 Å². The average Bonchev–Trinajstić information content (AvgIpc) is 3.00. The molecule has 1 N–H and O–H groups in total. The molecule has 0 aliphatic heterocycles. The zero-order chi connectivity index (χ0) is 12.4. The second-order valence-corrected chi connectivity index (χ2v) is 4.42. The number of benzene rings is 1. The van der Waals surface area contributed by atoms with Crippen LogP contribution in [0.25, 0.3) is 0 Å². The van der Waals surface area contributed by atoms with E-state index in [2.05, 4.69) is 0 Å². The van der Waals surface area contributed by atoms with Crippen molar-refractivity contribution in [3.05, 3.63) is 23.8 Å². The zero-order valence-corrected chi connectivity index (χ0v) is 9.97. The molecule has 0 aromatic heterocycles. The molecule has 0 saturated heterocycles. The van der Waals surface area contributed by atoms with Crippen LogP contribution < -0.4 is 9.47 Å².